The Kier molecular flexibility index (Phi) is 4.44. The van der Waals surface area contributed by atoms with E-state index in [9.17, 15) is 8.78 Å². The number of nitrogens with zero attached hydrogens (tertiary/aromatic N) is 2. The molecule has 0 spiro atoms. The van der Waals surface area contributed by atoms with Crippen LogP contribution in [-0.2, 0) is 0 Å². The molecule has 0 aromatic carbocycles. The molecular weight excluding hydrogens is 156 g/mol. The molecule has 0 aliphatic heterocycles. The van der Waals surface area contributed by atoms with E-state index >= 15 is 0 Å². The van der Waals surface area contributed by atoms with E-state index in [1.807, 2.05) is 0 Å². The van der Waals surface area contributed by atoms with Crippen molar-refractivity contribution in [3.63, 3.8) is 0 Å². The molecule has 3 N–H and O–H groups in total. The first-order valence-electron chi connectivity index (χ1n) is 2.99. The third kappa shape index (κ3) is 5.53. The molecule has 0 radical (unpaired) electrons. The Morgan fingerprint density at radius 2 is 2.27 bits per heavy atom. The van der Waals surface area contributed by atoms with E-state index in [-0.39, 0.29) is 18.9 Å². The van der Waals surface area contributed by atoms with Crippen LogP contribution in [0.3, 0.4) is 0 Å². The van der Waals surface area contributed by atoms with E-state index in [1.54, 1.807) is 0 Å². The van der Waals surface area contributed by atoms with Gasteiger partial charge in [0, 0.05) is 0 Å². The number of nitrogens with two attached hydrogens (primary N) is 1. The zero-order valence-electron chi connectivity index (χ0n) is 6.17. The first kappa shape index (κ1) is 10.1. The van der Waals surface area contributed by atoms with Crippen LogP contribution < -0.4 is 5.73 Å². The summed E-state index contributed by atoms with van der Waals surface area (Å²) in [6, 6.07) is 0. The standard InChI is InChI=1S/C5H11F2N3O/c1-10(2-4(6)7)3-5(8)9-11/h4,11H,2-3H2,1H3,(H2,8,9). The van der Waals surface area contributed by atoms with Crippen LogP contribution in [0.1, 0.15) is 0 Å². The van der Waals surface area contributed by atoms with Crippen LogP contribution in [0.2, 0.25) is 0 Å². The quantitative estimate of drug-likeness (QED) is 0.266. The van der Waals surface area contributed by atoms with Gasteiger partial charge in [-0.1, -0.05) is 5.16 Å². The summed E-state index contributed by atoms with van der Waals surface area (Å²) < 4.78 is 23.3. The van der Waals surface area contributed by atoms with Gasteiger partial charge < -0.3 is 10.9 Å². The zero-order chi connectivity index (χ0) is 8.85. The first-order valence-corrected chi connectivity index (χ1v) is 2.99. The normalized spacial score (nSPS) is 13.0. The van der Waals surface area contributed by atoms with Gasteiger partial charge in [0.25, 0.3) is 6.43 Å². The Labute approximate surface area is 63.3 Å². The van der Waals surface area contributed by atoms with Crippen LogP contribution in [0.5, 0.6) is 0 Å². The highest BCUT2D eigenvalue weighted by Crippen LogP contribution is 1.94. The highest BCUT2D eigenvalue weighted by atomic mass is 19.3. The molecule has 0 amide bonds. The van der Waals surface area contributed by atoms with Gasteiger partial charge in [0.15, 0.2) is 5.84 Å². The molecule has 11 heavy (non-hydrogen) atoms. The molecule has 66 valence electrons. The van der Waals surface area contributed by atoms with Crippen LogP contribution in [0, 0.1) is 0 Å². The van der Waals surface area contributed by atoms with Crippen molar-refractivity contribution in [2.75, 3.05) is 20.1 Å². The zero-order valence-corrected chi connectivity index (χ0v) is 6.17. The summed E-state index contributed by atoms with van der Waals surface area (Å²) in [5.41, 5.74) is 5.06. The summed E-state index contributed by atoms with van der Waals surface area (Å²) in [7, 11) is 1.46. The van der Waals surface area contributed by atoms with Crippen LogP contribution in [-0.4, -0.2) is 42.5 Å². The first-order chi connectivity index (χ1) is 5.06. The maximum absolute atomic E-state index is 11.7. The molecule has 6 heteroatoms. The van der Waals surface area contributed by atoms with Gasteiger partial charge in [0.05, 0.1) is 13.1 Å². The predicted molar refractivity (Wildman–Crippen MR) is 36.9 cm³/mol. The Morgan fingerprint density at radius 3 is 2.64 bits per heavy atom. The predicted octanol–water partition coefficient (Wildman–Crippen LogP) is -0.0703. The van der Waals surface area contributed by atoms with Crippen molar-refractivity contribution in [1.29, 1.82) is 0 Å². The average molecular weight is 167 g/mol. The van der Waals surface area contributed by atoms with E-state index in [2.05, 4.69) is 5.16 Å². The summed E-state index contributed by atoms with van der Waals surface area (Å²) >= 11 is 0. The number of rotatable bonds is 4. The summed E-state index contributed by atoms with van der Waals surface area (Å²) in [5.74, 6) is -0.0758. The van der Waals surface area contributed by atoms with Gasteiger partial charge in [-0.05, 0) is 7.05 Å². The summed E-state index contributed by atoms with van der Waals surface area (Å²) in [6.45, 7) is -0.336. The molecule has 0 fully saturated rings. The van der Waals surface area contributed by atoms with E-state index in [1.165, 1.54) is 11.9 Å². The number of halogens is 2. The lowest BCUT2D eigenvalue weighted by molar-refractivity contribution is 0.106. The molecule has 0 aromatic heterocycles. The average Bonchev–Trinajstić information content (AvgIpc) is 1.85. The van der Waals surface area contributed by atoms with Gasteiger partial charge >= 0.3 is 0 Å². The molecule has 4 nitrogen and oxygen atoms in total. The molecule has 0 rings (SSSR count). The Bertz CT molecular complexity index is 140. The molecule has 0 heterocycles. The summed E-state index contributed by atoms with van der Waals surface area (Å²) in [6.07, 6.45) is -2.40. The second-order valence-electron chi connectivity index (χ2n) is 2.18. The highest BCUT2D eigenvalue weighted by Gasteiger charge is 2.08. The maximum Gasteiger partial charge on any atom is 0.251 e. The Balaban J connectivity index is 3.60. The SMILES string of the molecule is CN(C/C(N)=N/O)CC(F)F. The fraction of sp³-hybridized carbons (Fsp3) is 0.800. The van der Waals surface area contributed by atoms with Gasteiger partial charge in [-0.3, -0.25) is 4.90 Å². The number of hydrogen-bond donors (Lipinski definition) is 2. The third-order valence-corrected chi connectivity index (χ3v) is 1.01. The minimum atomic E-state index is -2.40. The van der Waals surface area contributed by atoms with Crippen LogP contribution >= 0.6 is 0 Å². The molecule has 0 aromatic rings. The Hall–Kier alpha value is -0.910. The van der Waals surface area contributed by atoms with Gasteiger partial charge in [0.1, 0.15) is 0 Å². The smallest absolute Gasteiger partial charge is 0.251 e. The number of alkyl halides is 2. The van der Waals surface area contributed by atoms with E-state index in [0.717, 1.165) is 0 Å². The van der Waals surface area contributed by atoms with E-state index < -0.39 is 6.43 Å². The molecule has 0 aliphatic carbocycles. The van der Waals surface area contributed by atoms with Crippen molar-refractivity contribution in [3.8, 4) is 0 Å². The van der Waals surface area contributed by atoms with Gasteiger partial charge in [0.2, 0.25) is 0 Å². The molecule has 0 aliphatic rings. The second kappa shape index (κ2) is 4.84. The molecule has 0 atom stereocenters. The van der Waals surface area contributed by atoms with Crippen LogP contribution in [0.15, 0.2) is 5.16 Å². The molecule has 0 saturated carbocycles. The van der Waals surface area contributed by atoms with Gasteiger partial charge in [-0.15, -0.1) is 0 Å². The summed E-state index contributed by atoms with van der Waals surface area (Å²) in [5, 5.41) is 10.7. The van der Waals surface area contributed by atoms with Crippen molar-refractivity contribution in [1.82, 2.24) is 4.90 Å². The van der Waals surface area contributed by atoms with Crippen molar-refractivity contribution in [3.05, 3.63) is 0 Å². The van der Waals surface area contributed by atoms with E-state index in [4.69, 9.17) is 10.9 Å². The second-order valence-corrected chi connectivity index (χ2v) is 2.18. The fourth-order valence-corrected chi connectivity index (χ4v) is 0.608. The van der Waals surface area contributed by atoms with Crippen molar-refractivity contribution >= 4 is 5.84 Å². The van der Waals surface area contributed by atoms with Crippen molar-refractivity contribution < 1.29 is 14.0 Å². The van der Waals surface area contributed by atoms with Crippen molar-refractivity contribution in [2.45, 2.75) is 6.43 Å². The number of amidine groups is 1. The van der Waals surface area contributed by atoms with Gasteiger partial charge in [-0.2, -0.15) is 0 Å². The number of oxime groups is 1. The van der Waals surface area contributed by atoms with Gasteiger partial charge in [-0.25, -0.2) is 8.78 Å². The lowest BCUT2D eigenvalue weighted by atomic mass is 10.5. The van der Waals surface area contributed by atoms with Crippen molar-refractivity contribution in [2.24, 2.45) is 10.9 Å². The van der Waals surface area contributed by atoms with Crippen LogP contribution in [0.4, 0.5) is 8.78 Å². The molecular formula is C5H11F2N3O. The maximum atomic E-state index is 11.7. The molecule has 0 bridgehead atoms. The number of likely N-dealkylation sites (N-methyl/N-ethyl adjacent to an activating group) is 1. The molecule has 0 unspecified atom stereocenters. The fourth-order valence-electron chi connectivity index (χ4n) is 0.608. The number of hydrogen-bond acceptors (Lipinski definition) is 3. The molecule has 0 saturated heterocycles. The van der Waals surface area contributed by atoms with Crippen LogP contribution in [0.25, 0.3) is 0 Å². The third-order valence-electron chi connectivity index (χ3n) is 1.01. The minimum Gasteiger partial charge on any atom is -0.409 e. The summed E-state index contributed by atoms with van der Waals surface area (Å²) in [4.78, 5) is 1.26. The van der Waals surface area contributed by atoms with E-state index in [0.29, 0.717) is 0 Å². The largest absolute Gasteiger partial charge is 0.409 e. The Morgan fingerprint density at radius 1 is 1.73 bits per heavy atom. The monoisotopic (exact) mass is 167 g/mol. The lowest BCUT2D eigenvalue weighted by Crippen LogP contribution is -2.34. The minimum absolute atomic E-state index is 0.0425. The lowest BCUT2D eigenvalue weighted by Gasteiger charge is -2.13. The topological polar surface area (TPSA) is 61.8 Å². The highest BCUT2D eigenvalue weighted by molar-refractivity contribution is 5.81.